The van der Waals surface area contributed by atoms with Gasteiger partial charge >= 0.3 is 0 Å². The number of nitrogens with zero attached hydrogens (tertiary/aromatic N) is 2. The van der Waals surface area contributed by atoms with Crippen LogP contribution in [0.1, 0.15) is 41.0 Å². The SMILES string of the molecule is CCC(Nc1cnn(CC(C)C)c(=O)c1Cl)C(C)C. The third-order valence-corrected chi connectivity index (χ3v) is 3.47. The van der Waals surface area contributed by atoms with Gasteiger partial charge in [0.2, 0.25) is 0 Å². The van der Waals surface area contributed by atoms with E-state index in [0.29, 0.717) is 30.1 Å². The lowest BCUT2D eigenvalue weighted by Crippen LogP contribution is -2.29. The largest absolute Gasteiger partial charge is 0.379 e. The molecule has 0 aliphatic carbocycles. The summed E-state index contributed by atoms with van der Waals surface area (Å²) in [6.45, 7) is 11.1. The molecule has 0 radical (unpaired) electrons. The first-order valence-corrected chi connectivity index (χ1v) is 7.26. The van der Waals surface area contributed by atoms with Gasteiger partial charge in [-0.1, -0.05) is 46.2 Å². The third-order valence-electron chi connectivity index (χ3n) is 3.11. The van der Waals surface area contributed by atoms with Crippen molar-refractivity contribution < 1.29 is 0 Å². The van der Waals surface area contributed by atoms with Crippen LogP contribution in [0.15, 0.2) is 11.0 Å². The second-order valence-electron chi connectivity index (χ2n) is 5.66. The predicted molar refractivity (Wildman–Crippen MR) is 80.9 cm³/mol. The Bertz CT molecular complexity index is 468. The summed E-state index contributed by atoms with van der Waals surface area (Å²) >= 11 is 6.15. The average molecular weight is 286 g/mol. The molecular weight excluding hydrogens is 262 g/mol. The van der Waals surface area contributed by atoms with E-state index < -0.39 is 0 Å². The van der Waals surface area contributed by atoms with Gasteiger partial charge in [-0.25, -0.2) is 4.68 Å². The maximum atomic E-state index is 12.1. The number of anilines is 1. The zero-order valence-electron chi connectivity index (χ0n) is 12.4. The van der Waals surface area contributed by atoms with E-state index in [-0.39, 0.29) is 10.6 Å². The van der Waals surface area contributed by atoms with E-state index in [0.717, 1.165) is 6.42 Å². The van der Waals surface area contributed by atoms with Crippen LogP contribution in [0.4, 0.5) is 5.69 Å². The number of hydrogen-bond donors (Lipinski definition) is 1. The Morgan fingerprint density at radius 1 is 1.37 bits per heavy atom. The Balaban J connectivity index is 2.99. The van der Waals surface area contributed by atoms with Crippen LogP contribution in [0.3, 0.4) is 0 Å². The molecule has 0 bridgehead atoms. The van der Waals surface area contributed by atoms with Gasteiger partial charge in [0.15, 0.2) is 0 Å². The molecule has 4 nitrogen and oxygen atoms in total. The molecule has 108 valence electrons. The summed E-state index contributed by atoms with van der Waals surface area (Å²) in [4.78, 5) is 12.1. The van der Waals surface area contributed by atoms with Crippen molar-refractivity contribution in [2.45, 2.75) is 53.6 Å². The molecule has 1 rings (SSSR count). The Labute approximate surface area is 120 Å². The van der Waals surface area contributed by atoms with E-state index in [2.05, 4.69) is 31.2 Å². The van der Waals surface area contributed by atoms with Crippen LogP contribution in [0.25, 0.3) is 0 Å². The molecule has 0 aliphatic rings. The molecule has 0 aromatic carbocycles. The van der Waals surface area contributed by atoms with Crippen molar-refractivity contribution in [1.29, 1.82) is 0 Å². The molecule has 1 aromatic rings. The highest BCUT2D eigenvalue weighted by Gasteiger charge is 2.15. The molecule has 0 saturated heterocycles. The minimum atomic E-state index is -0.223. The molecule has 19 heavy (non-hydrogen) atoms. The summed E-state index contributed by atoms with van der Waals surface area (Å²) in [5, 5.41) is 7.72. The van der Waals surface area contributed by atoms with Crippen molar-refractivity contribution in [3.05, 3.63) is 21.6 Å². The molecule has 1 unspecified atom stereocenters. The van der Waals surface area contributed by atoms with Gasteiger partial charge in [0.25, 0.3) is 5.56 Å². The lowest BCUT2D eigenvalue weighted by Gasteiger charge is -2.22. The highest BCUT2D eigenvalue weighted by Crippen LogP contribution is 2.20. The van der Waals surface area contributed by atoms with Crippen LogP contribution in [-0.2, 0) is 6.54 Å². The van der Waals surface area contributed by atoms with E-state index in [4.69, 9.17) is 11.6 Å². The zero-order chi connectivity index (χ0) is 14.6. The van der Waals surface area contributed by atoms with Gasteiger partial charge in [0, 0.05) is 12.6 Å². The minimum absolute atomic E-state index is 0.223. The van der Waals surface area contributed by atoms with Gasteiger partial charge in [-0.2, -0.15) is 5.10 Å². The predicted octanol–water partition coefficient (Wildman–Crippen LogP) is 3.40. The first kappa shape index (κ1) is 16.0. The first-order chi connectivity index (χ1) is 8.86. The zero-order valence-corrected chi connectivity index (χ0v) is 13.2. The molecule has 0 spiro atoms. The van der Waals surface area contributed by atoms with Crippen molar-refractivity contribution in [1.82, 2.24) is 9.78 Å². The van der Waals surface area contributed by atoms with Gasteiger partial charge in [-0.3, -0.25) is 4.79 Å². The van der Waals surface area contributed by atoms with Crippen molar-refractivity contribution in [2.24, 2.45) is 11.8 Å². The Morgan fingerprint density at radius 2 is 2.00 bits per heavy atom. The molecule has 0 saturated carbocycles. The minimum Gasteiger partial charge on any atom is -0.379 e. The molecule has 0 amide bonds. The van der Waals surface area contributed by atoms with Crippen molar-refractivity contribution in [3.63, 3.8) is 0 Å². The molecule has 0 aliphatic heterocycles. The summed E-state index contributed by atoms with van der Waals surface area (Å²) < 4.78 is 1.43. The van der Waals surface area contributed by atoms with Crippen LogP contribution in [0.2, 0.25) is 5.02 Å². The van der Waals surface area contributed by atoms with Crippen LogP contribution >= 0.6 is 11.6 Å². The standard InChI is InChI=1S/C14H24ClN3O/c1-6-11(10(4)5)17-12-7-16-18(8-9(2)3)14(19)13(12)15/h7,9-11,17H,6,8H2,1-5H3. The number of halogens is 1. The van der Waals surface area contributed by atoms with Crippen LogP contribution in [0.5, 0.6) is 0 Å². The molecule has 1 N–H and O–H groups in total. The molecule has 1 aromatic heterocycles. The van der Waals surface area contributed by atoms with Crippen molar-refractivity contribution >= 4 is 17.3 Å². The first-order valence-electron chi connectivity index (χ1n) is 6.88. The quantitative estimate of drug-likeness (QED) is 0.871. The van der Waals surface area contributed by atoms with E-state index in [1.165, 1.54) is 4.68 Å². The Morgan fingerprint density at radius 3 is 2.47 bits per heavy atom. The van der Waals surface area contributed by atoms with E-state index in [9.17, 15) is 4.79 Å². The van der Waals surface area contributed by atoms with Gasteiger partial charge in [-0.05, 0) is 18.3 Å². The summed E-state index contributed by atoms with van der Waals surface area (Å²) in [7, 11) is 0. The van der Waals surface area contributed by atoms with Crippen LogP contribution in [-0.4, -0.2) is 15.8 Å². The maximum absolute atomic E-state index is 12.1. The van der Waals surface area contributed by atoms with Gasteiger partial charge in [0.1, 0.15) is 5.02 Å². The number of hydrogen-bond acceptors (Lipinski definition) is 3. The summed E-state index contributed by atoms with van der Waals surface area (Å²) in [5.41, 5.74) is 0.409. The van der Waals surface area contributed by atoms with Crippen molar-refractivity contribution in [3.8, 4) is 0 Å². The van der Waals surface area contributed by atoms with Crippen LogP contribution in [0, 0.1) is 11.8 Å². The fraction of sp³-hybridized carbons (Fsp3) is 0.714. The van der Waals surface area contributed by atoms with Crippen molar-refractivity contribution in [2.75, 3.05) is 5.32 Å². The second kappa shape index (κ2) is 6.94. The van der Waals surface area contributed by atoms with E-state index in [1.54, 1.807) is 6.20 Å². The fourth-order valence-electron chi connectivity index (χ4n) is 1.98. The smallest absolute Gasteiger partial charge is 0.287 e. The number of nitrogens with one attached hydrogen (secondary N) is 1. The molecule has 5 heteroatoms. The summed E-state index contributed by atoms with van der Waals surface area (Å²) in [5.74, 6) is 0.832. The molecule has 0 fully saturated rings. The second-order valence-corrected chi connectivity index (χ2v) is 6.03. The van der Waals surface area contributed by atoms with Gasteiger partial charge in [-0.15, -0.1) is 0 Å². The third kappa shape index (κ3) is 4.23. The normalized spacial score (nSPS) is 13.1. The highest BCUT2D eigenvalue weighted by molar-refractivity contribution is 6.32. The Hall–Kier alpha value is -1.03. The number of rotatable bonds is 6. The summed E-state index contributed by atoms with van der Waals surface area (Å²) in [6.07, 6.45) is 2.63. The summed E-state index contributed by atoms with van der Waals surface area (Å²) in [6, 6.07) is 0.291. The van der Waals surface area contributed by atoms with Crippen LogP contribution < -0.4 is 10.9 Å². The highest BCUT2D eigenvalue weighted by atomic mass is 35.5. The molecule has 1 heterocycles. The lowest BCUT2D eigenvalue weighted by molar-refractivity contribution is 0.463. The fourth-order valence-corrected chi connectivity index (χ4v) is 2.18. The van der Waals surface area contributed by atoms with Gasteiger partial charge in [0.05, 0.1) is 11.9 Å². The Kier molecular flexibility index (Phi) is 5.85. The lowest BCUT2D eigenvalue weighted by atomic mass is 10.0. The van der Waals surface area contributed by atoms with E-state index in [1.807, 2.05) is 13.8 Å². The molecular formula is C14H24ClN3O. The topological polar surface area (TPSA) is 46.9 Å². The van der Waals surface area contributed by atoms with E-state index >= 15 is 0 Å². The average Bonchev–Trinajstić information content (AvgIpc) is 2.33. The van der Waals surface area contributed by atoms with Gasteiger partial charge < -0.3 is 5.32 Å². The maximum Gasteiger partial charge on any atom is 0.287 e. The monoisotopic (exact) mass is 285 g/mol. The number of aromatic nitrogens is 2. The molecule has 1 atom stereocenters.